The van der Waals surface area contributed by atoms with Crippen molar-refractivity contribution in [3.8, 4) is 28.4 Å². The van der Waals surface area contributed by atoms with Crippen LogP contribution in [0.2, 0.25) is 77.1 Å². The van der Waals surface area contributed by atoms with Gasteiger partial charge in [0.05, 0.1) is 30.0 Å². The van der Waals surface area contributed by atoms with Gasteiger partial charge >= 0.3 is 0 Å². The number of rotatable bonds is 20. The second kappa shape index (κ2) is 18.2. The second-order valence-electron chi connectivity index (χ2n) is 19.2. The van der Waals surface area contributed by atoms with E-state index >= 15 is 4.39 Å². The van der Waals surface area contributed by atoms with Crippen molar-refractivity contribution in [2.75, 3.05) is 26.6 Å². The Morgan fingerprint density at radius 2 is 1.46 bits per heavy atom. The van der Waals surface area contributed by atoms with E-state index in [0.717, 1.165) is 62.8 Å². The maximum atomic E-state index is 15.7. The monoisotopic (exact) mass is 823 g/mol. The lowest BCUT2D eigenvalue weighted by Crippen LogP contribution is -2.30. The molecule has 2 aromatic heterocycles. The Morgan fingerprint density at radius 1 is 0.839 bits per heavy atom. The molecule has 14 heteroatoms. The molecule has 10 nitrogen and oxygen atoms in total. The Bertz CT molecular complexity index is 1980. The second-order valence-corrected chi connectivity index (χ2v) is 36.0. The van der Waals surface area contributed by atoms with E-state index in [1.807, 2.05) is 29.5 Å². The summed E-state index contributed by atoms with van der Waals surface area (Å²) in [6.07, 6.45) is 0.696. The number of fused-ring (bicyclic) bond motifs is 2. The number of aromatic nitrogens is 4. The van der Waals surface area contributed by atoms with Gasteiger partial charge in [0.1, 0.15) is 19.2 Å². The van der Waals surface area contributed by atoms with Crippen LogP contribution < -0.4 is 4.74 Å². The number of carbonyl (C=O) groups excluding carboxylic acids is 1. The van der Waals surface area contributed by atoms with Gasteiger partial charge in [-0.25, -0.2) is 14.1 Å². The zero-order valence-electron chi connectivity index (χ0n) is 36.1. The minimum atomic E-state index is -1.31. The number of amides is 1. The standard InChI is InChI=1S/C42H66FN5O5Si3/c1-13-31-23-39(53-29-52-18-21-56(10,11)12)35(43)24-34(31)32-14-15-33-37(22-32)48(28-51-17-20-55(7,8)9)45-40(33)41-44-36-25-46(42(49)30(2)3)26-38(36)47(41)27-50-16-19-54(4,5)6/h14-15,22-24,30H,13,16-21,25-29H2,1-12H3. The molecule has 56 heavy (non-hydrogen) atoms. The van der Waals surface area contributed by atoms with E-state index < -0.39 is 30.0 Å². The molecule has 0 saturated carbocycles. The van der Waals surface area contributed by atoms with Crippen LogP contribution in [-0.4, -0.2) is 81.0 Å². The van der Waals surface area contributed by atoms with Crippen molar-refractivity contribution in [1.82, 2.24) is 24.2 Å². The number of aryl methyl sites for hydroxylation is 1. The summed E-state index contributed by atoms with van der Waals surface area (Å²) < 4.78 is 43.8. The SMILES string of the molecule is CCc1cc(OCOCC[Si](C)(C)C)c(F)cc1-c1ccc2c(-c3nc4c(n3COCC[Si](C)(C)C)CN(C(=O)C(C)C)C4)nn(COCC[Si](C)(C)C)c2c1. The summed E-state index contributed by atoms with van der Waals surface area (Å²) in [5, 5.41) is 6.09. The van der Waals surface area contributed by atoms with E-state index in [4.69, 9.17) is 29.0 Å². The first-order valence-corrected chi connectivity index (χ1v) is 31.4. The summed E-state index contributed by atoms with van der Waals surface area (Å²) in [6, 6.07) is 12.7. The third-order valence-electron chi connectivity index (χ3n) is 10.2. The molecule has 0 atom stereocenters. The number of ether oxygens (including phenoxy) is 4. The summed E-state index contributed by atoms with van der Waals surface area (Å²) in [4.78, 5) is 20.1. The van der Waals surface area contributed by atoms with Gasteiger partial charge in [0.2, 0.25) is 5.91 Å². The molecule has 3 heterocycles. The molecule has 0 unspecified atom stereocenters. The molecule has 0 N–H and O–H groups in total. The van der Waals surface area contributed by atoms with Crippen LogP contribution in [-0.2, 0) is 52.0 Å². The van der Waals surface area contributed by atoms with E-state index in [1.54, 1.807) is 12.1 Å². The molecule has 4 aromatic rings. The van der Waals surface area contributed by atoms with Gasteiger partial charge in [0, 0.05) is 55.3 Å². The van der Waals surface area contributed by atoms with Gasteiger partial charge in [0.25, 0.3) is 0 Å². The molecular weight excluding hydrogens is 758 g/mol. The van der Waals surface area contributed by atoms with Gasteiger partial charge in [-0.05, 0) is 65.5 Å². The number of nitrogens with zero attached hydrogens (tertiary/aromatic N) is 5. The number of halogens is 1. The highest BCUT2D eigenvalue weighted by molar-refractivity contribution is 6.76. The lowest BCUT2D eigenvalue weighted by Gasteiger charge is -2.20. The number of benzene rings is 2. The summed E-state index contributed by atoms with van der Waals surface area (Å²) >= 11 is 0. The Kier molecular flexibility index (Phi) is 14.3. The highest BCUT2D eigenvalue weighted by Crippen LogP contribution is 2.37. The Hall–Kier alpha value is -3.15. The third-order valence-corrected chi connectivity index (χ3v) is 15.3. The fourth-order valence-electron chi connectivity index (χ4n) is 6.58. The van der Waals surface area contributed by atoms with Crippen LogP contribution in [0.1, 0.15) is 37.7 Å². The largest absolute Gasteiger partial charge is 0.464 e. The minimum absolute atomic E-state index is 0.0180. The maximum absolute atomic E-state index is 15.7. The van der Waals surface area contributed by atoms with E-state index in [9.17, 15) is 4.79 Å². The third kappa shape index (κ3) is 11.5. The first-order chi connectivity index (χ1) is 26.2. The van der Waals surface area contributed by atoms with Gasteiger partial charge in [-0.15, -0.1) is 0 Å². The fraction of sp³-hybridized carbons (Fsp3) is 0.595. The summed E-state index contributed by atoms with van der Waals surface area (Å²) in [5.41, 5.74) is 6.12. The van der Waals surface area contributed by atoms with Crippen molar-refractivity contribution in [3.63, 3.8) is 0 Å². The van der Waals surface area contributed by atoms with Gasteiger partial charge in [-0.1, -0.05) is 85.8 Å². The summed E-state index contributed by atoms with van der Waals surface area (Å²) in [7, 11) is -3.84. The highest BCUT2D eigenvalue weighted by Gasteiger charge is 2.33. The van der Waals surface area contributed by atoms with Crippen molar-refractivity contribution >= 4 is 41.0 Å². The topological polar surface area (TPSA) is 92.9 Å². The van der Waals surface area contributed by atoms with Crippen LogP contribution in [0.15, 0.2) is 30.3 Å². The fourth-order valence-corrected chi connectivity index (χ4v) is 8.85. The molecule has 0 radical (unpaired) electrons. The van der Waals surface area contributed by atoms with Gasteiger partial charge in [-0.3, -0.25) is 4.79 Å². The van der Waals surface area contributed by atoms with Crippen LogP contribution in [0.5, 0.6) is 5.75 Å². The van der Waals surface area contributed by atoms with Crippen molar-refractivity contribution in [3.05, 3.63) is 53.1 Å². The maximum Gasteiger partial charge on any atom is 0.225 e. The average molecular weight is 824 g/mol. The molecule has 0 fully saturated rings. The molecule has 0 saturated heterocycles. The molecule has 1 aliphatic rings. The predicted molar refractivity (Wildman–Crippen MR) is 233 cm³/mol. The summed E-state index contributed by atoms with van der Waals surface area (Å²) in [6.45, 7) is 30.4. The smallest absolute Gasteiger partial charge is 0.225 e. The molecule has 0 aliphatic carbocycles. The molecule has 0 spiro atoms. The first kappa shape index (κ1) is 44.0. The van der Waals surface area contributed by atoms with Crippen LogP contribution in [0.3, 0.4) is 0 Å². The number of hydrogen-bond donors (Lipinski definition) is 0. The Morgan fingerprint density at radius 3 is 2.07 bits per heavy atom. The van der Waals surface area contributed by atoms with E-state index in [1.165, 1.54) is 0 Å². The molecule has 308 valence electrons. The number of imidazole rings is 1. The average Bonchev–Trinajstić information content (AvgIpc) is 3.78. The van der Waals surface area contributed by atoms with Crippen molar-refractivity contribution in [2.45, 2.75) is 131 Å². The Labute approximate surface area is 337 Å². The van der Waals surface area contributed by atoms with E-state index in [0.29, 0.717) is 51.9 Å². The van der Waals surface area contributed by atoms with Crippen LogP contribution >= 0.6 is 0 Å². The van der Waals surface area contributed by atoms with Crippen molar-refractivity contribution < 1.29 is 28.1 Å². The zero-order valence-corrected chi connectivity index (χ0v) is 39.1. The lowest BCUT2D eigenvalue weighted by atomic mass is 9.96. The van der Waals surface area contributed by atoms with Crippen LogP contribution in [0.25, 0.3) is 33.5 Å². The van der Waals surface area contributed by atoms with E-state index in [-0.39, 0.29) is 31.1 Å². The van der Waals surface area contributed by atoms with Gasteiger partial charge in [0.15, 0.2) is 24.2 Å². The molecule has 2 aromatic carbocycles. The molecule has 1 amide bonds. The molecule has 1 aliphatic heterocycles. The van der Waals surface area contributed by atoms with Crippen LogP contribution in [0.4, 0.5) is 4.39 Å². The Balaban J connectivity index is 1.52. The number of hydrogen-bond acceptors (Lipinski definition) is 7. The van der Waals surface area contributed by atoms with E-state index in [2.05, 4.69) is 82.5 Å². The van der Waals surface area contributed by atoms with Gasteiger partial charge in [-0.2, -0.15) is 5.10 Å². The quantitative estimate of drug-likeness (QED) is 0.0498. The lowest BCUT2D eigenvalue weighted by molar-refractivity contribution is -0.135. The van der Waals surface area contributed by atoms with Crippen molar-refractivity contribution in [1.29, 1.82) is 0 Å². The van der Waals surface area contributed by atoms with Gasteiger partial charge < -0.3 is 28.4 Å². The number of carbonyl (C=O) groups is 1. The normalized spacial score (nSPS) is 13.7. The van der Waals surface area contributed by atoms with Crippen LogP contribution in [0, 0.1) is 11.7 Å². The molecule has 0 bridgehead atoms. The molecular formula is C42H66FN5O5Si3. The summed E-state index contributed by atoms with van der Waals surface area (Å²) in [5.74, 6) is 0.502. The van der Waals surface area contributed by atoms with Crippen molar-refractivity contribution in [2.24, 2.45) is 5.92 Å². The highest BCUT2D eigenvalue weighted by atomic mass is 28.3. The predicted octanol–water partition coefficient (Wildman–Crippen LogP) is 10.1. The first-order valence-electron chi connectivity index (χ1n) is 20.3. The zero-order chi connectivity index (χ0) is 41.0. The minimum Gasteiger partial charge on any atom is -0.464 e. The molecule has 5 rings (SSSR count).